The van der Waals surface area contributed by atoms with Gasteiger partial charge in [0, 0.05) is 12.6 Å². The van der Waals surface area contributed by atoms with Gasteiger partial charge in [-0.05, 0) is 32.7 Å². The minimum atomic E-state index is -0.778. The zero-order valence-corrected chi connectivity index (χ0v) is 12.9. The summed E-state index contributed by atoms with van der Waals surface area (Å²) in [7, 11) is 1.98. The summed E-state index contributed by atoms with van der Waals surface area (Å²) in [5.41, 5.74) is 4.52. The number of carbonyl (C=O) groups is 2. The number of nitrogens with two attached hydrogens (primary N) is 1. The summed E-state index contributed by atoms with van der Waals surface area (Å²) in [6.45, 7) is 0.755. The number of aliphatic hydroxyl groups is 1. The van der Waals surface area contributed by atoms with Crippen molar-refractivity contribution in [1.29, 1.82) is 0 Å². The molecule has 6 nitrogen and oxygen atoms in total. The molecule has 0 bridgehead atoms. The van der Waals surface area contributed by atoms with E-state index in [-0.39, 0.29) is 18.9 Å². The number of likely N-dealkylation sites (tertiary alicyclic amines) is 1. The van der Waals surface area contributed by atoms with Gasteiger partial charge < -0.3 is 15.7 Å². The maximum absolute atomic E-state index is 12.6. The highest BCUT2D eigenvalue weighted by molar-refractivity contribution is 5.82. The summed E-state index contributed by atoms with van der Waals surface area (Å²) in [6, 6.07) is 0.483. The lowest BCUT2D eigenvalue weighted by molar-refractivity contribution is -0.140. The van der Waals surface area contributed by atoms with Crippen molar-refractivity contribution in [2.45, 2.75) is 56.5 Å². The van der Waals surface area contributed by atoms with E-state index in [9.17, 15) is 14.7 Å². The summed E-state index contributed by atoms with van der Waals surface area (Å²) in [5.74, 6) is -0.468. The summed E-state index contributed by atoms with van der Waals surface area (Å²) < 4.78 is 0. The van der Waals surface area contributed by atoms with Gasteiger partial charge in [0.2, 0.25) is 11.8 Å². The number of likely N-dealkylation sites (N-methyl/N-ethyl adjacent to an activating group) is 1. The molecule has 0 spiro atoms. The third-order valence-electron chi connectivity index (χ3n) is 5.03. The van der Waals surface area contributed by atoms with Gasteiger partial charge in [0.05, 0.1) is 25.1 Å². The van der Waals surface area contributed by atoms with E-state index < -0.39 is 11.4 Å². The number of amides is 2. The first kappa shape index (κ1) is 16.2. The number of hydrogen-bond acceptors (Lipinski definition) is 4. The summed E-state index contributed by atoms with van der Waals surface area (Å²) in [6.07, 6.45) is 6.26. The van der Waals surface area contributed by atoms with Gasteiger partial charge in [0.15, 0.2) is 0 Å². The van der Waals surface area contributed by atoms with Crippen molar-refractivity contribution in [3.8, 4) is 0 Å². The molecule has 1 saturated carbocycles. The molecule has 1 atom stereocenters. The van der Waals surface area contributed by atoms with Crippen molar-refractivity contribution >= 4 is 11.8 Å². The van der Waals surface area contributed by atoms with Crippen molar-refractivity contribution in [3.63, 3.8) is 0 Å². The molecular weight excluding hydrogens is 270 g/mol. The molecule has 1 saturated heterocycles. The molecule has 120 valence electrons. The number of carbonyl (C=O) groups excluding carboxylic acids is 2. The second-order valence-electron chi connectivity index (χ2n) is 6.53. The predicted octanol–water partition coefficient (Wildman–Crippen LogP) is 0.0897. The zero-order valence-electron chi connectivity index (χ0n) is 12.9. The Balaban J connectivity index is 2.00. The molecule has 3 N–H and O–H groups in total. The van der Waals surface area contributed by atoms with Crippen LogP contribution in [0.1, 0.15) is 44.9 Å². The van der Waals surface area contributed by atoms with Crippen LogP contribution in [0.5, 0.6) is 0 Å². The van der Waals surface area contributed by atoms with E-state index >= 15 is 0 Å². The third kappa shape index (κ3) is 3.55. The van der Waals surface area contributed by atoms with Gasteiger partial charge in [-0.2, -0.15) is 0 Å². The van der Waals surface area contributed by atoms with Gasteiger partial charge in [-0.25, -0.2) is 0 Å². The minimum Gasteiger partial charge on any atom is -0.394 e. The maximum Gasteiger partial charge on any atom is 0.237 e. The second-order valence-corrected chi connectivity index (χ2v) is 6.53. The van der Waals surface area contributed by atoms with Crippen molar-refractivity contribution in [2.24, 2.45) is 5.73 Å². The third-order valence-corrected chi connectivity index (χ3v) is 5.03. The number of aliphatic hydroxyl groups excluding tert-OH is 1. The minimum absolute atomic E-state index is 0.00259. The molecule has 1 aliphatic heterocycles. The van der Waals surface area contributed by atoms with Crippen molar-refractivity contribution in [2.75, 3.05) is 26.7 Å². The van der Waals surface area contributed by atoms with Gasteiger partial charge in [0.25, 0.3) is 0 Å². The molecule has 6 heteroatoms. The number of nitrogens with zero attached hydrogens (tertiary/aromatic N) is 2. The van der Waals surface area contributed by atoms with Gasteiger partial charge >= 0.3 is 0 Å². The number of primary amides is 1. The predicted molar refractivity (Wildman–Crippen MR) is 79.5 cm³/mol. The van der Waals surface area contributed by atoms with E-state index in [4.69, 9.17) is 5.73 Å². The van der Waals surface area contributed by atoms with E-state index in [1.165, 1.54) is 12.8 Å². The molecule has 1 heterocycles. The van der Waals surface area contributed by atoms with Crippen LogP contribution in [0, 0.1) is 0 Å². The van der Waals surface area contributed by atoms with E-state index in [0.717, 1.165) is 19.3 Å². The molecule has 1 unspecified atom stereocenters. The van der Waals surface area contributed by atoms with Crippen molar-refractivity contribution < 1.29 is 14.7 Å². The van der Waals surface area contributed by atoms with Crippen LogP contribution in [0.15, 0.2) is 0 Å². The Morgan fingerprint density at radius 1 is 1.33 bits per heavy atom. The molecule has 2 rings (SSSR count). The molecule has 2 aliphatic rings. The van der Waals surface area contributed by atoms with Crippen LogP contribution in [0.3, 0.4) is 0 Å². The average Bonchev–Trinajstić information content (AvgIpc) is 3.07. The summed E-state index contributed by atoms with van der Waals surface area (Å²) >= 11 is 0. The Morgan fingerprint density at radius 3 is 2.57 bits per heavy atom. The van der Waals surface area contributed by atoms with Gasteiger partial charge in [-0.3, -0.25) is 14.5 Å². The van der Waals surface area contributed by atoms with Crippen molar-refractivity contribution in [1.82, 2.24) is 9.80 Å². The van der Waals surface area contributed by atoms with E-state index in [0.29, 0.717) is 25.6 Å². The first-order chi connectivity index (χ1) is 9.98. The van der Waals surface area contributed by atoms with Crippen LogP contribution in [-0.2, 0) is 9.59 Å². The molecule has 2 fully saturated rings. The Hall–Kier alpha value is -1.14. The van der Waals surface area contributed by atoms with Gasteiger partial charge in [-0.1, -0.05) is 12.8 Å². The Morgan fingerprint density at radius 2 is 2.00 bits per heavy atom. The lowest BCUT2D eigenvalue weighted by atomic mass is 9.92. The molecule has 1 aliphatic carbocycles. The second kappa shape index (κ2) is 6.75. The van der Waals surface area contributed by atoms with Crippen LogP contribution in [0.25, 0.3) is 0 Å². The highest BCUT2D eigenvalue weighted by atomic mass is 16.3. The Kier molecular flexibility index (Phi) is 5.22. The molecule has 0 aromatic heterocycles. The number of hydrogen-bond donors (Lipinski definition) is 2. The fourth-order valence-electron chi connectivity index (χ4n) is 3.83. The van der Waals surface area contributed by atoms with Crippen LogP contribution < -0.4 is 5.73 Å². The molecule has 2 amide bonds. The lowest BCUT2D eigenvalue weighted by Gasteiger charge is -2.37. The lowest BCUT2D eigenvalue weighted by Crippen LogP contribution is -2.54. The number of rotatable bonds is 6. The largest absolute Gasteiger partial charge is 0.394 e. The maximum atomic E-state index is 12.6. The van der Waals surface area contributed by atoms with Crippen LogP contribution in [0.2, 0.25) is 0 Å². The van der Waals surface area contributed by atoms with E-state index in [1.807, 2.05) is 7.05 Å². The topological polar surface area (TPSA) is 86.9 Å². The Labute approximate surface area is 126 Å². The van der Waals surface area contributed by atoms with Crippen LogP contribution >= 0.6 is 0 Å². The van der Waals surface area contributed by atoms with E-state index in [1.54, 1.807) is 4.90 Å². The van der Waals surface area contributed by atoms with Crippen LogP contribution in [-0.4, -0.2) is 65.0 Å². The monoisotopic (exact) mass is 297 g/mol. The first-order valence-electron chi connectivity index (χ1n) is 7.88. The quantitative estimate of drug-likeness (QED) is 0.727. The fraction of sp³-hybridized carbons (Fsp3) is 0.867. The summed E-state index contributed by atoms with van der Waals surface area (Å²) in [5, 5.41) is 9.72. The average molecular weight is 297 g/mol. The standard InChI is InChI=1S/C15H27N3O3/c1-17(12-5-2-3-6-12)10-14(21)18-8-4-7-15(18,11-19)9-13(16)20/h12,19H,2-11H2,1H3,(H2,16,20). The zero-order chi connectivity index (χ0) is 15.5. The van der Waals surface area contributed by atoms with Crippen LogP contribution in [0.4, 0.5) is 0 Å². The highest BCUT2D eigenvalue weighted by Gasteiger charge is 2.44. The highest BCUT2D eigenvalue weighted by Crippen LogP contribution is 2.32. The first-order valence-corrected chi connectivity index (χ1v) is 7.88. The molecule has 0 radical (unpaired) electrons. The van der Waals surface area contributed by atoms with Gasteiger partial charge in [0.1, 0.15) is 0 Å². The smallest absolute Gasteiger partial charge is 0.237 e. The van der Waals surface area contributed by atoms with Crippen molar-refractivity contribution in [3.05, 3.63) is 0 Å². The fourth-order valence-corrected chi connectivity index (χ4v) is 3.83. The Bertz CT molecular complexity index is 396. The SMILES string of the molecule is CN(CC(=O)N1CCCC1(CO)CC(N)=O)C1CCCC1. The molecule has 0 aromatic carbocycles. The summed E-state index contributed by atoms with van der Waals surface area (Å²) in [4.78, 5) is 27.7. The molecule has 21 heavy (non-hydrogen) atoms. The normalized spacial score (nSPS) is 26.7. The molecular formula is C15H27N3O3. The van der Waals surface area contributed by atoms with Gasteiger partial charge in [-0.15, -0.1) is 0 Å². The molecule has 0 aromatic rings. The van der Waals surface area contributed by atoms with E-state index in [2.05, 4.69) is 4.90 Å².